The summed E-state index contributed by atoms with van der Waals surface area (Å²) in [6.45, 7) is 7.27. The molecule has 0 N–H and O–H groups in total. The van der Waals surface area contributed by atoms with E-state index in [1.165, 1.54) is 18.4 Å². The van der Waals surface area contributed by atoms with Gasteiger partial charge in [0.05, 0.1) is 12.5 Å². The second-order valence-electron chi connectivity index (χ2n) is 4.40. The number of alkyl halides is 1. The maximum atomic E-state index is 5.90. The number of ether oxygens (including phenoxy) is 1. The molecule has 0 aliphatic carbocycles. The topological polar surface area (TPSA) is 9.23 Å². The first-order valence-corrected chi connectivity index (χ1v) is 6.49. The van der Waals surface area contributed by atoms with Crippen LogP contribution >= 0.6 is 11.6 Å². The van der Waals surface area contributed by atoms with Gasteiger partial charge in [0.15, 0.2) is 0 Å². The van der Waals surface area contributed by atoms with Gasteiger partial charge in [-0.25, -0.2) is 0 Å². The largest absolute Gasteiger partial charge is 0.493 e. The van der Waals surface area contributed by atoms with E-state index in [9.17, 15) is 0 Å². The first-order valence-electron chi connectivity index (χ1n) is 5.96. The Morgan fingerprint density at radius 1 is 1.38 bits per heavy atom. The third-order valence-corrected chi connectivity index (χ3v) is 3.02. The molecular weight excluding hydrogens is 220 g/mol. The minimum atomic E-state index is 0.513. The Morgan fingerprint density at radius 3 is 2.75 bits per heavy atom. The molecule has 1 rings (SSSR count). The lowest BCUT2D eigenvalue weighted by atomic mass is 10.1. The van der Waals surface area contributed by atoms with E-state index in [0.717, 1.165) is 17.9 Å². The predicted octanol–water partition coefficient (Wildman–Crippen LogP) is 4.55. The second-order valence-corrected chi connectivity index (χ2v) is 4.67. The van der Waals surface area contributed by atoms with E-state index >= 15 is 0 Å². The van der Waals surface area contributed by atoms with Crippen LogP contribution in [0.15, 0.2) is 18.2 Å². The van der Waals surface area contributed by atoms with Gasteiger partial charge in [0.2, 0.25) is 0 Å². The average Bonchev–Trinajstić information content (AvgIpc) is 2.27. The number of hydrogen-bond donors (Lipinski definition) is 0. The highest BCUT2D eigenvalue weighted by atomic mass is 35.5. The SMILES string of the molecule is CCCC(C)COc1c(C)cccc1CCl. The smallest absolute Gasteiger partial charge is 0.126 e. The van der Waals surface area contributed by atoms with Crippen LogP contribution in [-0.4, -0.2) is 6.61 Å². The van der Waals surface area contributed by atoms with Crippen molar-refractivity contribution >= 4 is 11.6 Å². The molecule has 1 atom stereocenters. The molecular formula is C14H21ClO. The molecule has 0 radical (unpaired) electrons. The van der Waals surface area contributed by atoms with Gasteiger partial charge in [-0.15, -0.1) is 11.6 Å². The molecule has 0 saturated carbocycles. The van der Waals surface area contributed by atoms with Gasteiger partial charge in [-0.1, -0.05) is 38.5 Å². The van der Waals surface area contributed by atoms with Crippen LogP contribution in [0.5, 0.6) is 5.75 Å². The summed E-state index contributed by atoms with van der Waals surface area (Å²) in [4.78, 5) is 0. The van der Waals surface area contributed by atoms with Crippen LogP contribution in [0.25, 0.3) is 0 Å². The van der Waals surface area contributed by atoms with Gasteiger partial charge in [-0.3, -0.25) is 0 Å². The van der Waals surface area contributed by atoms with Gasteiger partial charge in [-0.05, 0) is 24.8 Å². The molecule has 0 heterocycles. The Bertz CT molecular complexity index is 323. The van der Waals surface area contributed by atoms with E-state index in [-0.39, 0.29) is 0 Å². The van der Waals surface area contributed by atoms with Crippen LogP contribution in [0.2, 0.25) is 0 Å². The molecule has 0 fully saturated rings. The molecule has 0 amide bonds. The van der Waals surface area contributed by atoms with E-state index in [2.05, 4.69) is 26.8 Å². The minimum Gasteiger partial charge on any atom is -0.493 e. The number of halogens is 1. The zero-order valence-electron chi connectivity index (χ0n) is 10.4. The highest BCUT2D eigenvalue weighted by molar-refractivity contribution is 6.17. The Morgan fingerprint density at radius 2 is 2.12 bits per heavy atom. The van der Waals surface area contributed by atoms with E-state index in [4.69, 9.17) is 16.3 Å². The van der Waals surface area contributed by atoms with Crippen molar-refractivity contribution in [2.24, 2.45) is 5.92 Å². The lowest BCUT2D eigenvalue weighted by molar-refractivity contribution is 0.248. The Labute approximate surface area is 104 Å². The number of para-hydroxylation sites is 1. The van der Waals surface area contributed by atoms with Crippen LogP contribution < -0.4 is 4.74 Å². The van der Waals surface area contributed by atoms with Gasteiger partial charge < -0.3 is 4.74 Å². The first kappa shape index (κ1) is 13.4. The highest BCUT2D eigenvalue weighted by Gasteiger charge is 2.08. The molecule has 90 valence electrons. The monoisotopic (exact) mass is 240 g/mol. The van der Waals surface area contributed by atoms with Crippen molar-refractivity contribution in [3.8, 4) is 5.75 Å². The zero-order chi connectivity index (χ0) is 12.0. The fourth-order valence-corrected chi connectivity index (χ4v) is 2.04. The maximum Gasteiger partial charge on any atom is 0.126 e. The van der Waals surface area contributed by atoms with Gasteiger partial charge in [0, 0.05) is 5.56 Å². The second kappa shape index (κ2) is 6.80. The molecule has 1 unspecified atom stereocenters. The summed E-state index contributed by atoms with van der Waals surface area (Å²) < 4.78 is 5.89. The first-order chi connectivity index (χ1) is 7.69. The van der Waals surface area contributed by atoms with Crippen molar-refractivity contribution in [2.75, 3.05) is 6.61 Å². The third-order valence-electron chi connectivity index (χ3n) is 2.73. The third kappa shape index (κ3) is 3.71. The van der Waals surface area contributed by atoms with Crippen molar-refractivity contribution in [1.82, 2.24) is 0 Å². The van der Waals surface area contributed by atoms with Crippen LogP contribution in [0, 0.1) is 12.8 Å². The predicted molar refractivity (Wildman–Crippen MR) is 70.3 cm³/mol. The quantitative estimate of drug-likeness (QED) is 0.663. The van der Waals surface area contributed by atoms with Crippen molar-refractivity contribution in [2.45, 2.75) is 39.5 Å². The van der Waals surface area contributed by atoms with Gasteiger partial charge in [0.1, 0.15) is 5.75 Å². The Kier molecular flexibility index (Phi) is 5.68. The van der Waals surface area contributed by atoms with Crippen LogP contribution in [0.4, 0.5) is 0 Å². The average molecular weight is 241 g/mol. The van der Waals surface area contributed by atoms with E-state index in [0.29, 0.717) is 11.8 Å². The van der Waals surface area contributed by atoms with Crippen molar-refractivity contribution < 1.29 is 4.74 Å². The molecule has 0 aliphatic rings. The molecule has 0 spiro atoms. The summed E-state index contributed by atoms with van der Waals surface area (Å²) in [5.74, 6) is 2.09. The van der Waals surface area contributed by atoms with Crippen molar-refractivity contribution in [3.63, 3.8) is 0 Å². The summed E-state index contributed by atoms with van der Waals surface area (Å²) in [5, 5.41) is 0. The summed E-state index contributed by atoms with van der Waals surface area (Å²) >= 11 is 5.90. The standard InChI is InChI=1S/C14H21ClO/c1-4-6-11(2)10-16-14-12(3)7-5-8-13(14)9-15/h5,7-8,11H,4,6,9-10H2,1-3H3. The van der Waals surface area contributed by atoms with E-state index < -0.39 is 0 Å². The molecule has 0 bridgehead atoms. The van der Waals surface area contributed by atoms with Crippen molar-refractivity contribution in [3.05, 3.63) is 29.3 Å². The van der Waals surface area contributed by atoms with Crippen LogP contribution in [-0.2, 0) is 5.88 Å². The molecule has 2 heteroatoms. The number of hydrogen-bond acceptors (Lipinski definition) is 1. The molecule has 0 aromatic heterocycles. The number of rotatable bonds is 6. The lowest BCUT2D eigenvalue weighted by Gasteiger charge is -2.16. The van der Waals surface area contributed by atoms with Gasteiger partial charge in [-0.2, -0.15) is 0 Å². The van der Waals surface area contributed by atoms with Gasteiger partial charge >= 0.3 is 0 Å². The Balaban J connectivity index is 2.65. The van der Waals surface area contributed by atoms with E-state index in [1.54, 1.807) is 0 Å². The number of benzene rings is 1. The number of aryl methyl sites for hydroxylation is 1. The summed E-state index contributed by atoms with van der Waals surface area (Å²) in [6.07, 6.45) is 2.42. The maximum absolute atomic E-state index is 5.90. The molecule has 0 saturated heterocycles. The normalized spacial score (nSPS) is 12.5. The molecule has 1 aromatic rings. The molecule has 16 heavy (non-hydrogen) atoms. The van der Waals surface area contributed by atoms with Gasteiger partial charge in [0.25, 0.3) is 0 Å². The van der Waals surface area contributed by atoms with Crippen LogP contribution in [0.1, 0.15) is 37.8 Å². The minimum absolute atomic E-state index is 0.513. The molecule has 0 aliphatic heterocycles. The summed E-state index contributed by atoms with van der Waals surface area (Å²) in [5.41, 5.74) is 2.26. The Hall–Kier alpha value is -0.690. The highest BCUT2D eigenvalue weighted by Crippen LogP contribution is 2.25. The summed E-state index contributed by atoms with van der Waals surface area (Å²) in [6, 6.07) is 6.12. The lowest BCUT2D eigenvalue weighted by Crippen LogP contribution is -2.10. The molecule has 1 nitrogen and oxygen atoms in total. The fourth-order valence-electron chi connectivity index (χ4n) is 1.83. The van der Waals surface area contributed by atoms with E-state index in [1.807, 2.05) is 12.1 Å². The fraction of sp³-hybridized carbons (Fsp3) is 0.571. The van der Waals surface area contributed by atoms with Crippen molar-refractivity contribution in [1.29, 1.82) is 0 Å². The van der Waals surface area contributed by atoms with Crippen LogP contribution in [0.3, 0.4) is 0 Å². The summed E-state index contributed by atoms with van der Waals surface area (Å²) in [7, 11) is 0. The molecule has 1 aromatic carbocycles. The zero-order valence-corrected chi connectivity index (χ0v) is 11.2.